The first-order valence-corrected chi connectivity index (χ1v) is 12.2. The molecule has 0 saturated carbocycles. The van der Waals surface area contributed by atoms with Crippen LogP contribution in [0.15, 0.2) is 36.4 Å². The third-order valence-electron chi connectivity index (χ3n) is 4.10. The number of ether oxygens (including phenoxy) is 1. The number of alkyl halides is 3. The van der Waals surface area contributed by atoms with Crippen molar-refractivity contribution in [2.45, 2.75) is 26.3 Å². The van der Waals surface area contributed by atoms with Gasteiger partial charge in [0.1, 0.15) is 15.6 Å². The summed E-state index contributed by atoms with van der Waals surface area (Å²) in [6.45, 7) is 3.02. The lowest BCUT2D eigenvalue weighted by atomic mass is 10.1. The van der Waals surface area contributed by atoms with Crippen molar-refractivity contribution in [1.29, 1.82) is 0 Å². The predicted octanol–water partition coefficient (Wildman–Crippen LogP) is 3.91. The van der Waals surface area contributed by atoms with Gasteiger partial charge in [-0.25, -0.2) is 8.42 Å². The molecule has 0 aliphatic heterocycles. The number of carbonyl (C=O) groups excluding carboxylic acids is 2. The molecule has 12 heteroatoms. The Kier molecular flexibility index (Phi) is 8.15. The molecule has 174 valence electrons. The van der Waals surface area contributed by atoms with Crippen molar-refractivity contribution in [1.82, 2.24) is 5.32 Å². The molecule has 0 aliphatic carbocycles. The summed E-state index contributed by atoms with van der Waals surface area (Å²) in [6.07, 6.45) is -3.79. The zero-order valence-corrected chi connectivity index (χ0v) is 20.2. The maximum absolute atomic E-state index is 12.9. The van der Waals surface area contributed by atoms with Crippen molar-refractivity contribution in [2.75, 3.05) is 17.3 Å². The molecule has 0 aromatic heterocycles. The van der Waals surface area contributed by atoms with Crippen LogP contribution >= 0.6 is 22.6 Å². The number of amides is 2. The number of hydrogen-bond donors (Lipinski definition) is 2. The summed E-state index contributed by atoms with van der Waals surface area (Å²) in [5.74, 6) is -1.98. The Morgan fingerprint density at radius 1 is 1.16 bits per heavy atom. The van der Waals surface area contributed by atoms with E-state index in [9.17, 15) is 31.2 Å². The molecule has 0 saturated heterocycles. The summed E-state index contributed by atoms with van der Waals surface area (Å²) < 4.78 is 64.4. The molecule has 2 amide bonds. The van der Waals surface area contributed by atoms with Crippen molar-refractivity contribution in [3.63, 3.8) is 0 Å². The maximum atomic E-state index is 12.9. The van der Waals surface area contributed by atoms with Gasteiger partial charge in [-0.15, -0.1) is 13.2 Å². The minimum atomic E-state index is -4.84. The van der Waals surface area contributed by atoms with Crippen molar-refractivity contribution < 1.29 is 35.9 Å². The number of anilines is 1. The fourth-order valence-corrected chi connectivity index (χ4v) is 4.63. The van der Waals surface area contributed by atoms with Gasteiger partial charge in [-0.05, 0) is 72.3 Å². The number of nitrogens with one attached hydrogen (secondary N) is 2. The van der Waals surface area contributed by atoms with E-state index < -0.39 is 39.8 Å². The van der Waals surface area contributed by atoms with E-state index in [-0.39, 0.29) is 22.6 Å². The van der Waals surface area contributed by atoms with E-state index in [1.54, 1.807) is 12.1 Å². The van der Waals surface area contributed by atoms with E-state index in [0.717, 1.165) is 18.4 Å². The van der Waals surface area contributed by atoms with Gasteiger partial charge in [0.2, 0.25) is 0 Å². The second-order valence-corrected chi connectivity index (χ2v) is 10.5. The highest BCUT2D eigenvalue weighted by Gasteiger charge is 2.31. The minimum Gasteiger partial charge on any atom is -0.406 e. The number of hydrogen-bond acceptors (Lipinski definition) is 5. The first-order chi connectivity index (χ1) is 14.7. The summed E-state index contributed by atoms with van der Waals surface area (Å²) in [5, 5.41) is 5.14. The van der Waals surface area contributed by atoms with Crippen LogP contribution in [-0.4, -0.2) is 44.6 Å². The first kappa shape index (κ1) is 25.9. The van der Waals surface area contributed by atoms with Crippen LogP contribution in [-0.2, 0) is 9.84 Å². The summed E-state index contributed by atoms with van der Waals surface area (Å²) in [5.41, 5.74) is 0.635. The van der Waals surface area contributed by atoms with E-state index in [0.29, 0.717) is 9.13 Å². The van der Waals surface area contributed by atoms with Crippen molar-refractivity contribution in [3.05, 3.63) is 56.7 Å². The van der Waals surface area contributed by atoms with Gasteiger partial charge < -0.3 is 15.4 Å². The molecule has 2 rings (SSSR count). The second kappa shape index (κ2) is 10.1. The number of rotatable bonds is 7. The van der Waals surface area contributed by atoms with Gasteiger partial charge in [-0.3, -0.25) is 9.59 Å². The van der Waals surface area contributed by atoms with Crippen LogP contribution in [0.1, 0.15) is 33.2 Å². The van der Waals surface area contributed by atoms with Gasteiger partial charge in [0.15, 0.2) is 0 Å². The number of benzene rings is 2. The van der Waals surface area contributed by atoms with E-state index in [4.69, 9.17) is 0 Å². The van der Waals surface area contributed by atoms with Crippen LogP contribution in [0, 0.1) is 10.5 Å². The fourth-order valence-electron chi connectivity index (χ4n) is 2.90. The van der Waals surface area contributed by atoms with Crippen LogP contribution in [0.4, 0.5) is 18.9 Å². The molecule has 0 fully saturated rings. The average molecular weight is 584 g/mol. The lowest BCUT2D eigenvalue weighted by Crippen LogP contribution is -2.38. The topological polar surface area (TPSA) is 102 Å². The van der Waals surface area contributed by atoms with Crippen LogP contribution in [0.25, 0.3) is 0 Å². The molecule has 0 heterocycles. The number of halogens is 4. The maximum Gasteiger partial charge on any atom is 0.573 e. The molecular weight excluding hydrogens is 564 g/mol. The molecule has 1 atom stereocenters. The van der Waals surface area contributed by atoms with Gasteiger partial charge in [0.25, 0.3) is 11.8 Å². The Morgan fingerprint density at radius 2 is 1.81 bits per heavy atom. The minimum absolute atomic E-state index is 0.0240. The molecule has 2 aromatic carbocycles. The van der Waals surface area contributed by atoms with Gasteiger partial charge in [-0.1, -0.05) is 6.07 Å². The van der Waals surface area contributed by atoms with Crippen LogP contribution in [0.5, 0.6) is 5.75 Å². The molecule has 7 nitrogen and oxygen atoms in total. The molecule has 0 radical (unpaired) electrons. The average Bonchev–Trinajstić information content (AvgIpc) is 2.60. The smallest absolute Gasteiger partial charge is 0.406 e. The molecule has 0 unspecified atom stereocenters. The normalized spacial score (nSPS) is 12.7. The van der Waals surface area contributed by atoms with E-state index in [1.165, 1.54) is 26.0 Å². The lowest BCUT2D eigenvalue weighted by molar-refractivity contribution is -0.274. The van der Waals surface area contributed by atoms with E-state index in [2.05, 4.69) is 15.4 Å². The largest absolute Gasteiger partial charge is 0.573 e. The van der Waals surface area contributed by atoms with Crippen LogP contribution in [0.3, 0.4) is 0 Å². The molecular formula is C20H20F3IN2O5S. The lowest BCUT2D eigenvalue weighted by Gasteiger charge is -2.17. The summed E-state index contributed by atoms with van der Waals surface area (Å²) in [7, 11) is -3.32. The highest BCUT2D eigenvalue weighted by Crippen LogP contribution is 2.27. The van der Waals surface area contributed by atoms with Crippen molar-refractivity contribution >= 4 is 49.9 Å². The highest BCUT2D eigenvalue weighted by atomic mass is 127. The van der Waals surface area contributed by atoms with E-state index >= 15 is 0 Å². The first-order valence-electron chi connectivity index (χ1n) is 9.11. The van der Waals surface area contributed by atoms with Crippen molar-refractivity contribution in [2.24, 2.45) is 0 Å². The van der Waals surface area contributed by atoms with Crippen LogP contribution in [0.2, 0.25) is 0 Å². The fraction of sp³-hybridized carbons (Fsp3) is 0.300. The Hall–Kier alpha value is -2.35. The molecule has 0 spiro atoms. The Bertz CT molecular complexity index is 1140. The number of aryl methyl sites for hydroxylation is 1. The van der Waals surface area contributed by atoms with Gasteiger partial charge >= 0.3 is 6.36 Å². The molecule has 32 heavy (non-hydrogen) atoms. The monoisotopic (exact) mass is 584 g/mol. The Labute approximate surface area is 196 Å². The predicted molar refractivity (Wildman–Crippen MR) is 122 cm³/mol. The van der Waals surface area contributed by atoms with Gasteiger partial charge in [-0.2, -0.15) is 0 Å². The quantitative estimate of drug-likeness (QED) is 0.481. The summed E-state index contributed by atoms with van der Waals surface area (Å²) >= 11 is 1.88. The number of carbonyl (C=O) groups is 2. The Morgan fingerprint density at radius 3 is 2.38 bits per heavy atom. The van der Waals surface area contributed by atoms with Gasteiger partial charge in [0.05, 0.1) is 16.9 Å². The third-order valence-corrected chi connectivity index (χ3v) is 6.10. The third kappa shape index (κ3) is 7.65. The summed E-state index contributed by atoms with van der Waals surface area (Å²) in [4.78, 5) is 25.6. The van der Waals surface area contributed by atoms with E-state index in [1.807, 2.05) is 22.6 Å². The zero-order valence-electron chi connectivity index (χ0n) is 17.2. The zero-order chi connectivity index (χ0) is 24.3. The highest BCUT2D eigenvalue weighted by molar-refractivity contribution is 14.1. The van der Waals surface area contributed by atoms with Crippen molar-refractivity contribution in [3.8, 4) is 5.75 Å². The standard InChI is InChI=1S/C20H20F3IN2O5S/c1-11-9-13(31-20(21,22)23)7-8-16(11)26-18(27)14-5-4-6-15(24)17(14)19(28)25-12(2)10-32(3,29)30/h4-9,12H,10H2,1-3H3,(H,25,28)(H,26,27)/t12-/m0/s1. The molecule has 2 aromatic rings. The molecule has 2 N–H and O–H groups in total. The SMILES string of the molecule is Cc1cc(OC(F)(F)F)ccc1NC(=O)c1cccc(I)c1C(=O)N[C@@H](C)CS(C)(=O)=O. The Balaban J connectivity index is 2.26. The molecule has 0 bridgehead atoms. The van der Waals surface area contributed by atoms with Gasteiger partial charge in [0, 0.05) is 21.6 Å². The second-order valence-electron chi connectivity index (χ2n) is 7.11. The number of sulfone groups is 1. The molecule has 0 aliphatic rings. The summed E-state index contributed by atoms with van der Waals surface area (Å²) in [6, 6.07) is 7.36. The van der Waals surface area contributed by atoms with Crippen LogP contribution < -0.4 is 15.4 Å².